The summed E-state index contributed by atoms with van der Waals surface area (Å²) in [6.45, 7) is 8.98. The molecule has 17 heavy (non-hydrogen) atoms. The number of carbonyl (C=O) groups is 2. The van der Waals surface area contributed by atoms with Gasteiger partial charge in [-0.15, -0.1) is 0 Å². The minimum absolute atomic E-state index is 0.125. The van der Waals surface area contributed by atoms with Gasteiger partial charge in [0, 0.05) is 32.5 Å². The first kappa shape index (κ1) is 18.3. The van der Waals surface area contributed by atoms with Crippen LogP contribution >= 0.6 is 0 Å². The molecule has 1 heterocycles. The summed E-state index contributed by atoms with van der Waals surface area (Å²) in [7, 11) is 1.00. The van der Waals surface area contributed by atoms with Gasteiger partial charge in [0.2, 0.25) is 0 Å². The second kappa shape index (κ2) is 10.1. The van der Waals surface area contributed by atoms with Gasteiger partial charge in [-0.3, -0.25) is 4.79 Å². The first-order valence-corrected chi connectivity index (χ1v) is 5.80. The monoisotopic (exact) mass is 247 g/mol. The molecule has 0 spiro atoms. The Hall–Kier alpha value is -1.10. The summed E-state index contributed by atoms with van der Waals surface area (Å²) < 4.78 is 0. The second-order valence-electron chi connectivity index (χ2n) is 4.58. The molecule has 0 aliphatic carbocycles. The number of rotatable bonds is 0. The van der Waals surface area contributed by atoms with Crippen LogP contribution in [0, 0.1) is 11.8 Å². The normalized spacial score (nSPS) is 18.9. The van der Waals surface area contributed by atoms with Gasteiger partial charge in [0.05, 0.1) is 0 Å². The first-order chi connectivity index (χ1) is 7.84. The Morgan fingerprint density at radius 2 is 1.76 bits per heavy atom. The van der Waals surface area contributed by atoms with Gasteiger partial charge in [-0.25, -0.2) is 4.79 Å². The fourth-order valence-corrected chi connectivity index (χ4v) is 1.19. The molecule has 1 rings (SSSR count). The van der Waals surface area contributed by atoms with Crippen molar-refractivity contribution in [3.63, 3.8) is 0 Å². The third kappa shape index (κ3) is 9.81. The SMILES string of the molecule is CC(C)C.CC1CN(C(=O)O)CCC1=O.CO. The summed E-state index contributed by atoms with van der Waals surface area (Å²) in [4.78, 5) is 22.6. The van der Waals surface area contributed by atoms with Crippen LogP contribution in [0.2, 0.25) is 0 Å². The lowest BCUT2D eigenvalue weighted by atomic mass is 9.99. The van der Waals surface area contributed by atoms with E-state index in [9.17, 15) is 9.59 Å². The van der Waals surface area contributed by atoms with Crippen LogP contribution in [0.15, 0.2) is 0 Å². The van der Waals surface area contributed by atoms with Crippen molar-refractivity contribution in [1.82, 2.24) is 4.90 Å². The molecule has 5 heteroatoms. The third-order valence-electron chi connectivity index (χ3n) is 1.94. The van der Waals surface area contributed by atoms with Gasteiger partial charge in [0.25, 0.3) is 0 Å². The molecule has 0 aromatic heterocycles. The summed E-state index contributed by atoms with van der Waals surface area (Å²) >= 11 is 0. The lowest BCUT2D eigenvalue weighted by molar-refractivity contribution is -0.125. The van der Waals surface area contributed by atoms with Crippen LogP contribution in [0.5, 0.6) is 0 Å². The predicted octanol–water partition coefficient (Wildman–Crippen LogP) is 1.85. The van der Waals surface area contributed by atoms with Gasteiger partial charge >= 0.3 is 6.09 Å². The summed E-state index contributed by atoms with van der Waals surface area (Å²) in [5, 5.41) is 15.6. The van der Waals surface area contributed by atoms with Crippen LogP contribution in [0.1, 0.15) is 34.1 Å². The van der Waals surface area contributed by atoms with E-state index in [-0.39, 0.29) is 11.7 Å². The molecule has 0 saturated carbocycles. The zero-order valence-electron chi connectivity index (χ0n) is 11.4. The Morgan fingerprint density at radius 1 is 1.35 bits per heavy atom. The van der Waals surface area contributed by atoms with E-state index in [1.54, 1.807) is 6.92 Å². The Bertz CT molecular complexity index is 226. The molecule has 5 nitrogen and oxygen atoms in total. The van der Waals surface area contributed by atoms with E-state index in [0.29, 0.717) is 19.5 Å². The van der Waals surface area contributed by atoms with Crippen LogP contribution in [0.4, 0.5) is 4.79 Å². The first-order valence-electron chi connectivity index (χ1n) is 5.80. The molecule has 2 N–H and O–H groups in total. The number of ketones is 1. The highest BCUT2D eigenvalue weighted by Gasteiger charge is 2.25. The van der Waals surface area contributed by atoms with E-state index in [2.05, 4.69) is 20.8 Å². The molecule has 0 bridgehead atoms. The molecule has 1 atom stereocenters. The largest absolute Gasteiger partial charge is 0.465 e. The number of likely N-dealkylation sites (tertiary alicyclic amines) is 1. The van der Waals surface area contributed by atoms with Crippen molar-refractivity contribution in [1.29, 1.82) is 0 Å². The quantitative estimate of drug-likeness (QED) is 0.684. The molecule has 1 aliphatic heterocycles. The molecule has 1 amide bonds. The summed E-state index contributed by atoms with van der Waals surface area (Å²) in [5.41, 5.74) is 0. The standard InChI is InChI=1S/C7H11NO3.C4H10.CH4O/c1-5-4-8(7(10)11)3-2-6(5)9;1-4(2)3;1-2/h5H,2-4H2,1H3,(H,10,11);4H,1-3H3;2H,1H3. The van der Waals surface area contributed by atoms with Crippen molar-refractivity contribution in [2.24, 2.45) is 11.8 Å². The number of aliphatic hydroxyl groups excluding tert-OH is 1. The highest BCUT2D eigenvalue weighted by molar-refractivity contribution is 5.83. The van der Waals surface area contributed by atoms with Crippen LogP contribution in [0.3, 0.4) is 0 Å². The van der Waals surface area contributed by atoms with E-state index < -0.39 is 6.09 Å². The van der Waals surface area contributed by atoms with Gasteiger partial charge < -0.3 is 15.1 Å². The minimum Gasteiger partial charge on any atom is -0.465 e. The van der Waals surface area contributed by atoms with Crippen LogP contribution < -0.4 is 0 Å². The molecular weight excluding hydrogens is 222 g/mol. The van der Waals surface area contributed by atoms with Crippen molar-refractivity contribution in [2.75, 3.05) is 20.2 Å². The van der Waals surface area contributed by atoms with Crippen molar-refractivity contribution >= 4 is 11.9 Å². The fourth-order valence-electron chi connectivity index (χ4n) is 1.19. The van der Waals surface area contributed by atoms with Gasteiger partial charge in [-0.2, -0.15) is 0 Å². The molecule has 0 aromatic carbocycles. The lowest BCUT2D eigenvalue weighted by Gasteiger charge is -2.27. The maximum Gasteiger partial charge on any atom is 0.407 e. The van der Waals surface area contributed by atoms with E-state index in [0.717, 1.165) is 13.0 Å². The summed E-state index contributed by atoms with van der Waals surface area (Å²) in [6, 6.07) is 0. The highest BCUT2D eigenvalue weighted by atomic mass is 16.4. The zero-order valence-corrected chi connectivity index (χ0v) is 11.4. The van der Waals surface area contributed by atoms with E-state index in [1.165, 1.54) is 4.90 Å². The molecule has 1 unspecified atom stereocenters. The maximum absolute atomic E-state index is 10.9. The number of nitrogens with zero attached hydrogens (tertiary/aromatic N) is 1. The third-order valence-corrected chi connectivity index (χ3v) is 1.94. The summed E-state index contributed by atoms with van der Waals surface area (Å²) in [5.74, 6) is 0.877. The van der Waals surface area contributed by atoms with Crippen molar-refractivity contribution in [3.8, 4) is 0 Å². The Morgan fingerprint density at radius 3 is 2.06 bits per heavy atom. The number of hydrogen-bond acceptors (Lipinski definition) is 3. The topological polar surface area (TPSA) is 77.8 Å². The number of hydrogen-bond donors (Lipinski definition) is 2. The summed E-state index contributed by atoms with van der Waals surface area (Å²) in [6.07, 6.45) is -0.558. The van der Waals surface area contributed by atoms with E-state index in [1.807, 2.05) is 0 Å². The molecule has 1 fully saturated rings. The van der Waals surface area contributed by atoms with Crippen molar-refractivity contribution < 1.29 is 19.8 Å². The zero-order chi connectivity index (χ0) is 14.0. The minimum atomic E-state index is -0.927. The van der Waals surface area contributed by atoms with Crippen molar-refractivity contribution in [2.45, 2.75) is 34.1 Å². The predicted molar refractivity (Wildman–Crippen MR) is 67.0 cm³/mol. The Balaban J connectivity index is 0. The van der Waals surface area contributed by atoms with E-state index >= 15 is 0 Å². The molecule has 0 aromatic rings. The van der Waals surface area contributed by atoms with Crippen LogP contribution in [-0.2, 0) is 4.79 Å². The number of amides is 1. The number of Topliss-reactive ketones (excluding diaryl/α,β-unsaturated/α-hetero) is 1. The van der Waals surface area contributed by atoms with Gasteiger partial charge in [-0.1, -0.05) is 27.7 Å². The van der Waals surface area contributed by atoms with Gasteiger partial charge in [0.1, 0.15) is 5.78 Å². The number of carboxylic acid groups (broad SMARTS) is 1. The number of piperidine rings is 1. The Kier molecular flexibility index (Phi) is 10.8. The molecule has 1 saturated heterocycles. The molecule has 1 aliphatic rings. The Labute approximate surface area is 103 Å². The average Bonchev–Trinajstić information content (AvgIpc) is 2.24. The highest BCUT2D eigenvalue weighted by Crippen LogP contribution is 2.11. The van der Waals surface area contributed by atoms with Gasteiger partial charge in [0.15, 0.2) is 0 Å². The maximum atomic E-state index is 10.9. The van der Waals surface area contributed by atoms with Crippen LogP contribution in [0.25, 0.3) is 0 Å². The van der Waals surface area contributed by atoms with Gasteiger partial charge in [-0.05, 0) is 5.92 Å². The number of aliphatic hydroxyl groups is 1. The van der Waals surface area contributed by atoms with E-state index in [4.69, 9.17) is 10.2 Å². The van der Waals surface area contributed by atoms with Crippen LogP contribution in [-0.4, -0.2) is 47.2 Å². The smallest absolute Gasteiger partial charge is 0.407 e. The molecular formula is C12H25NO4. The molecule has 0 radical (unpaired) electrons. The lowest BCUT2D eigenvalue weighted by Crippen LogP contribution is -2.42. The second-order valence-corrected chi connectivity index (χ2v) is 4.58. The molecule has 102 valence electrons. The average molecular weight is 247 g/mol. The number of carbonyl (C=O) groups excluding carboxylic acids is 1. The van der Waals surface area contributed by atoms with Crippen molar-refractivity contribution in [3.05, 3.63) is 0 Å². The fraction of sp³-hybridized carbons (Fsp3) is 0.833.